The molecule has 27 heavy (non-hydrogen) atoms. The second-order valence-corrected chi connectivity index (χ2v) is 9.06. The van der Waals surface area contributed by atoms with Crippen molar-refractivity contribution in [3.63, 3.8) is 0 Å². The molecule has 0 unspecified atom stereocenters. The first-order valence-corrected chi connectivity index (χ1v) is 10.3. The van der Waals surface area contributed by atoms with Gasteiger partial charge in [0.05, 0.1) is 31.9 Å². The van der Waals surface area contributed by atoms with Crippen molar-refractivity contribution in [2.45, 2.75) is 50.8 Å². The minimum atomic E-state index is -0.325. The molecule has 2 aliphatic rings. The lowest BCUT2D eigenvalue weighted by molar-refractivity contribution is -0.931. The highest BCUT2D eigenvalue weighted by atomic mass is 79.9. The van der Waals surface area contributed by atoms with Crippen molar-refractivity contribution in [1.29, 1.82) is 0 Å². The summed E-state index contributed by atoms with van der Waals surface area (Å²) in [5, 5.41) is 5.08. The van der Waals surface area contributed by atoms with E-state index in [1.165, 1.54) is 12.8 Å². The minimum absolute atomic E-state index is 0. The SMILES string of the molecule is Cc1cccc(-c2cccs2)c1NC(=O)O[C@H]1C[C@H]2CC[C@@H](C1)[N+]2(C)C.[Br-]. The molecule has 146 valence electrons. The number of para-hydroxylation sites is 1. The molecule has 2 bridgehead atoms. The number of piperidine rings is 1. The van der Waals surface area contributed by atoms with Gasteiger partial charge in [0, 0.05) is 36.1 Å². The van der Waals surface area contributed by atoms with Crippen LogP contribution in [0, 0.1) is 6.92 Å². The van der Waals surface area contributed by atoms with Gasteiger partial charge in [-0.15, -0.1) is 11.3 Å². The Bertz CT molecular complexity index is 791. The van der Waals surface area contributed by atoms with Gasteiger partial charge in [-0.3, -0.25) is 5.32 Å². The number of amides is 1. The molecule has 4 nitrogen and oxygen atoms in total. The molecule has 3 heterocycles. The predicted octanol–water partition coefficient (Wildman–Crippen LogP) is 2.05. The fourth-order valence-corrected chi connectivity index (χ4v) is 5.44. The number of quaternary nitrogens is 1. The molecule has 0 aliphatic carbocycles. The van der Waals surface area contributed by atoms with Crippen LogP contribution in [-0.4, -0.2) is 42.9 Å². The molecule has 1 aromatic heterocycles. The summed E-state index contributed by atoms with van der Waals surface area (Å²) in [5.41, 5.74) is 2.96. The fraction of sp³-hybridized carbons (Fsp3) is 0.476. The van der Waals surface area contributed by atoms with Crippen LogP contribution in [0.15, 0.2) is 35.7 Å². The zero-order chi connectivity index (χ0) is 18.3. The number of ether oxygens (including phenoxy) is 1. The van der Waals surface area contributed by atoms with Crippen molar-refractivity contribution in [1.82, 2.24) is 0 Å². The highest BCUT2D eigenvalue weighted by Gasteiger charge is 2.49. The van der Waals surface area contributed by atoms with E-state index in [0.717, 1.165) is 39.0 Å². The number of aryl methyl sites for hydroxylation is 1. The number of carbonyl (C=O) groups excluding carboxylic acids is 1. The second-order valence-electron chi connectivity index (χ2n) is 8.11. The molecule has 0 spiro atoms. The Hall–Kier alpha value is -1.37. The van der Waals surface area contributed by atoms with Gasteiger partial charge in [0.25, 0.3) is 0 Å². The largest absolute Gasteiger partial charge is 1.00 e. The van der Waals surface area contributed by atoms with Gasteiger partial charge in [0.1, 0.15) is 6.10 Å². The maximum absolute atomic E-state index is 12.6. The van der Waals surface area contributed by atoms with E-state index in [9.17, 15) is 4.79 Å². The minimum Gasteiger partial charge on any atom is -1.00 e. The van der Waals surface area contributed by atoms with Crippen LogP contribution in [0.4, 0.5) is 10.5 Å². The summed E-state index contributed by atoms with van der Waals surface area (Å²) in [5.74, 6) is 0. The maximum Gasteiger partial charge on any atom is 0.411 e. The number of fused-ring (bicyclic) bond motifs is 2. The number of benzene rings is 1. The predicted molar refractivity (Wildman–Crippen MR) is 107 cm³/mol. The molecule has 2 aliphatic heterocycles. The van der Waals surface area contributed by atoms with Crippen molar-refractivity contribution in [3.8, 4) is 10.4 Å². The van der Waals surface area contributed by atoms with Crippen molar-refractivity contribution in [2.24, 2.45) is 0 Å². The van der Waals surface area contributed by atoms with Gasteiger partial charge in [-0.2, -0.15) is 0 Å². The number of rotatable bonds is 3. The first-order chi connectivity index (χ1) is 12.4. The van der Waals surface area contributed by atoms with Crippen molar-refractivity contribution < 1.29 is 31.0 Å². The van der Waals surface area contributed by atoms with E-state index in [-0.39, 0.29) is 29.2 Å². The molecular formula is C21H27BrN2O2S. The number of halogens is 1. The van der Waals surface area contributed by atoms with Crippen LogP contribution in [-0.2, 0) is 4.74 Å². The Kier molecular flexibility index (Phi) is 5.99. The molecule has 2 fully saturated rings. The number of nitrogens with zero attached hydrogens (tertiary/aromatic N) is 1. The number of anilines is 1. The van der Waals surface area contributed by atoms with E-state index in [0.29, 0.717) is 12.1 Å². The smallest absolute Gasteiger partial charge is 0.411 e. The lowest BCUT2D eigenvalue weighted by Crippen LogP contribution is -3.00. The van der Waals surface area contributed by atoms with E-state index >= 15 is 0 Å². The molecule has 3 atom stereocenters. The third kappa shape index (κ3) is 3.93. The summed E-state index contributed by atoms with van der Waals surface area (Å²) in [6.45, 7) is 2.02. The molecule has 2 aromatic rings. The third-order valence-corrected chi connectivity index (χ3v) is 7.25. The second kappa shape index (κ2) is 7.94. The summed E-state index contributed by atoms with van der Waals surface area (Å²) >= 11 is 1.68. The quantitative estimate of drug-likeness (QED) is 0.726. The highest BCUT2D eigenvalue weighted by Crippen LogP contribution is 2.41. The molecule has 1 aromatic carbocycles. The number of nitrogens with one attached hydrogen (secondary N) is 1. The Balaban J connectivity index is 0.00000210. The van der Waals surface area contributed by atoms with Crippen LogP contribution in [0.1, 0.15) is 31.2 Å². The van der Waals surface area contributed by atoms with Crippen molar-refractivity contribution in [2.75, 3.05) is 19.4 Å². The molecule has 0 saturated carbocycles. The van der Waals surface area contributed by atoms with Crippen LogP contribution in [0.25, 0.3) is 10.4 Å². The summed E-state index contributed by atoms with van der Waals surface area (Å²) < 4.78 is 6.93. The van der Waals surface area contributed by atoms with E-state index in [1.54, 1.807) is 11.3 Å². The number of hydrogen-bond donors (Lipinski definition) is 1. The zero-order valence-electron chi connectivity index (χ0n) is 16.1. The summed E-state index contributed by atoms with van der Waals surface area (Å²) in [6.07, 6.45) is 4.16. The monoisotopic (exact) mass is 450 g/mol. The topological polar surface area (TPSA) is 38.3 Å². The van der Waals surface area contributed by atoms with Gasteiger partial charge in [0.15, 0.2) is 0 Å². The third-order valence-electron chi connectivity index (χ3n) is 6.35. The van der Waals surface area contributed by atoms with Gasteiger partial charge in [-0.25, -0.2) is 4.79 Å². The van der Waals surface area contributed by atoms with Crippen molar-refractivity contribution in [3.05, 3.63) is 41.3 Å². The van der Waals surface area contributed by atoms with E-state index in [4.69, 9.17) is 4.74 Å². The molecule has 4 rings (SSSR count). The van der Waals surface area contributed by atoms with Crippen LogP contribution in [0.2, 0.25) is 0 Å². The van der Waals surface area contributed by atoms with E-state index in [2.05, 4.69) is 36.9 Å². The van der Waals surface area contributed by atoms with Gasteiger partial charge in [0.2, 0.25) is 0 Å². The van der Waals surface area contributed by atoms with Gasteiger partial charge in [-0.05, 0) is 23.9 Å². The average Bonchev–Trinajstić information content (AvgIpc) is 3.13. The Morgan fingerprint density at radius 2 is 1.85 bits per heavy atom. The Labute approximate surface area is 175 Å². The number of thiophene rings is 1. The molecule has 2 saturated heterocycles. The first kappa shape index (κ1) is 20.4. The maximum atomic E-state index is 12.6. The normalized spacial score (nSPS) is 25.5. The van der Waals surface area contributed by atoms with Gasteiger partial charge in [-0.1, -0.05) is 24.3 Å². The van der Waals surface area contributed by atoms with Gasteiger partial charge >= 0.3 is 6.09 Å². The zero-order valence-corrected chi connectivity index (χ0v) is 18.5. The molecule has 1 N–H and O–H groups in total. The molecule has 6 heteroatoms. The standard InChI is InChI=1S/C21H26N2O2S.BrH/c1-14-6-4-7-18(19-8-5-11-26-19)20(14)22-21(24)25-17-12-15-9-10-16(13-17)23(15,2)3;/h4-8,11,15-17H,9-10,12-13H2,1-3H3;1H/t15-,16+,17+;. The fourth-order valence-electron chi connectivity index (χ4n) is 4.68. The molecular weight excluding hydrogens is 424 g/mol. The summed E-state index contributed by atoms with van der Waals surface area (Å²) in [4.78, 5) is 13.8. The van der Waals surface area contributed by atoms with Gasteiger partial charge < -0.3 is 26.2 Å². The summed E-state index contributed by atoms with van der Waals surface area (Å²) in [6, 6.07) is 11.4. The molecule has 0 radical (unpaired) electrons. The Morgan fingerprint density at radius 3 is 2.48 bits per heavy atom. The lowest BCUT2D eigenvalue weighted by Gasteiger charge is -2.43. The lowest BCUT2D eigenvalue weighted by atomic mass is 9.98. The number of carbonyl (C=O) groups is 1. The number of hydrogen-bond acceptors (Lipinski definition) is 3. The van der Waals surface area contributed by atoms with Crippen LogP contribution in [0.3, 0.4) is 0 Å². The first-order valence-electron chi connectivity index (χ1n) is 9.39. The Morgan fingerprint density at radius 1 is 1.15 bits per heavy atom. The highest BCUT2D eigenvalue weighted by molar-refractivity contribution is 7.13. The van der Waals surface area contributed by atoms with Crippen LogP contribution >= 0.6 is 11.3 Å². The average molecular weight is 451 g/mol. The summed E-state index contributed by atoms with van der Waals surface area (Å²) in [7, 11) is 4.64. The van der Waals surface area contributed by atoms with E-state index < -0.39 is 0 Å². The molecule has 1 amide bonds. The van der Waals surface area contributed by atoms with Crippen LogP contribution < -0.4 is 22.3 Å². The van der Waals surface area contributed by atoms with E-state index in [1.807, 2.05) is 25.1 Å². The van der Waals surface area contributed by atoms with Crippen LogP contribution in [0.5, 0.6) is 0 Å². The van der Waals surface area contributed by atoms with Crippen molar-refractivity contribution >= 4 is 23.1 Å².